The van der Waals surface area contributed by atoms with Crippen molar-refractivity contribution in [3.8, 4) is 0 Å². The predicted octanol–water partition coefficient (Wildman–Crippen LogP) is 3.03. The van der Waals surface area contributed by atoms with Crippen LogP contribution < -0.4 is 10.8 Å². The fourth-order valence-corrected chi connectivity index (χ4v) is 2.75. The number of aryl methyl sites for hydroxylation is 1. The minimum absolute atomic E-state index is 0.0779. The Balaban J connectivity index is 1.83. The Kier molecular flexibility index (Phi) is 4.05. The number of anilines is 1. The van der Waals surface area contributed by atoms with Crippen LogP contribution in [0.4, 0.5) is 5.69 Å². The lowest BCUT2D eigenvalue weighted by Gasteiger charge is -2.32. The zero-order valence-electron chi connectivity index (χ0n) is 14.7. The predicted molar refractivity (Wildman–Crippen MR) is 92.9 cm³/mol. The maximum atomic E-state index is 12.2. The lowest BCUT2D eigenvalue weighted by Crippen LogP contribution is -2.41. The largest absolute Gasteiger partial charge is 0.496 e. The normalized spacial score (nSPS) is 22.2. The summed E-state index contributed by atoms with van der Waals surface area (Å²) in [6.45, 7) is 10.2. The third-order valence-corrected chi connectivity index (χ3v) is 5.16. The van der Waals surface area contributed by atoms with Gasteiger partial charge in [0.15, 0.2) is 0 Å². The molecule has 1 amide bonds. The Morgan fingerprint density at radius 2 is 1.83 bits per heavy atom. The van der Waals surface area contributed by atoms with Crippen molar-refractivity contribution in [3.05, 3.63) is 23.8 Å². The molecule has 0 atom stereocenters. The van der Waals surface area contributed by atoms with E-state index in [1.165, 1.54) is 12.8 Å². The van der Waals surface area contributed by atoms with Crippen molar-refractivity contribution < 1.29 is 14.1 Å². The van der Waals surface area contributed by atoms with Crippen molar-refractivity contribution >= 4 is 24.2 Å². The highest BCUT2D eigenvalue weighted by Crippen LogP contribution is 2.37. The molecule has 0 unspecified atom stereocenters. The lowest BCUT2D eigenvalue weighted by molar-refractivity contribution is -0.116. The maximum Gasteiger partial charge on any atom is 0.496 e. The Labute approximate surface area is 139 Å². The summed E-state index contributed by atoms with van der Waals surface area (Å²) in [4.78, 5) is 12.2. The summed E-state index contributed by atoms with van der Waals surface area (Å²) < 4.78 is 12.3. The SMILES string of the molecule is Cc1ccc(NC(=O)CC2CC2)c(B2OC(C)(C)C(C)(C)O2)c1. The van der Waals surface area contributed by atoms with Crippen molar-refractivity contribution in [2.75, 3.05) is 5.32 Å². The van der Waals surface area contributed by atoms with Gasteiger partial charge in [-0.15, -0.1) is 0 Å². The average molecular weight is 315 g/mol. The van der Waals surface area contributed by atoms with E-state index in [4.69, 9.17) is 9.31 Å². The average Bonchev–Trinajstić information content (AvgIpc) is 3.19. The smallest absolute Gasteiger partial charge is 0.399 e. The number of benzene rings is 1. The number of amides is 1. The number of hydrogen-bond donors (Lipinski definition) is 1. The van der Waals surface area contributed by atoms with Gasteiger partial charge in [-0.1, -0.05) is 17.7 Å². The van der Waals surface area contributed by atoms with E-state index in [1.807, 2.05) is 52.8 Å². The highest BCUT2D eigenvalue weighted by Gasteiger charge is 2.52. The zero-order chi connectivity index (χ0) is 16.8. The molecular formula is C18H26BNO3. The number of nitrogens with one attached hydrogen (secondary N) is 1. The van der Waals surface area contributed by atoms with Crippen molar-refractivity contribution in [1.82, 2.24) is 0 Å². The third kappa shape index (κ3) is 3.46. The van der Waals surface area contributed by atoms with E-state index in [0.29, 0.717) is 12.3 Å². The van der Waals surface area contributed by atoms with Crippen LogP contribution in [0.3, 0.4) is 0 Å². The summed E-state index contributed by atoms with van der Waals surface area (Å²) in [6.07, 6.45) is 2.95. The molecule has 1 aromatic carbocycles. The Hall–Kier alpha value is -1.33. The van der Waals surface area contributed by atoms with Crippen LogP contribution in [0.5, 0.6) is 0 Å². The molecule has 4 nitrogen and oxygen atoms in total. The summed E-state index contributed by atoms with van der Waals surface area (Å²) in [5.41, 5.74) is 2.02. The van der Waals surface area contributed by atoms with Gasteiger partial charge in [-0.25, -0.2) is 0 Å². The first-order valence-electron chi connectivity index (χ1n) is 8.44. The number of hydrogen-bond acceptors (Lipinski definition) is 3. The highest BCUT2D eigenvalue weighted by molar-refractivity contribution is 6.64. The van der Waals surface area contributed by atoms with Crippen LogP contribution in [0, 0.1) is 12.8 Å². The molecule has 0 radical (unpaired) electrons. The lowest BCUT2D eigenvalue weighted by atomic mass is 9.77. The molecule has 1 aliphatic carbocycles. The quantitative estimate of drug-likeness (QED) is 0.869. The minimum Gasteiger partial charge on any atom is -0.399 e. The van der Waals surface area contributed by atoms with Gasteiger partial charge in [0.1, 0.15) is 0 Å². The molecule has 0 bridgehead atoms. The molecule has 3 rings (SSSR count). The van der Waals surface area contributed by atoms with Crippen molar-refractivity contribution in [2.24, 2.45) is 5.92 Å². The second-order valence-corrected chi connectivity index (χ2v) is 7.87. The van der Waals surface area contributed by atoms with Crippen LogP contribution >= 0.6 is 0 Å². The molecule has 1 aromatic rings. The van der Waals surface area contributed by atoms with Gasteiger partial charge in [0.25, 0.3) is 0 Å². The number of rotatable bonds is 4. The monoisotopic (exact) mass is 315 g/mol. The first-order valence-corrected chi connectivity index (χ1v) is 8.44. The van der Waals surface area contributed by atoms with Crippen LogP contribution in [0.25, 0.3) is 0 Å². The molecule has 1 N–H and O–H groups in total. The van der Waals surface area contributed by atoms with Gasteiger partial charge in [0.2, 0.25) is 5.91 Å². The second kappa shape index (κ2) is 5.64. The van der Waals surface area contributed by atoms with Gasteiger partial charge in [-0.2, -0.15) is 0 Å². The first kappa shape index (κ1) is 16.5. The van der Waals surface area contributed by atoms with Crippen LogP contribution in [-0.4, -0.2) is 24.2 Å². The number of carbonyl (C=O) groups is 1. The molecule has 2 fully saturated rings. The molecule has 124 valence electrons. The maximum absolute atomic E-state index is 12.2. The third-order valence-electron chi connectivity index (χ3n) is 5.16. The molecule has 23 heavy (non-hydrogen) atoms. The van der Waals surface area contributed by atoms with Gasteiger partial charge in [-0.3, -0.25) is 4.79 Å². The van der Waals surface area contributed by atoms with Crippen LogP contribution in [0.15, 0.2) is 18.2 Å². The Bertz CT molecular complexity index is 607. The molecule has 0 aromatic heterocycles. The molecule has 0 spiro atoms. The highest BCUT2D eigenvalue weighted by atomic mass is 16.7. The second-order valence-electron chi connectivity index (χ2n) is 7.87. The van der Waals surface area contributed by atoms with E-state index in [9.17, 15) is 4.79 Å². The molecule has 1 saturated heterocycles. The molecular weight excluding hydrogens is 289 g/mol. The van der Waals surface area contributed by atoms with Gasteiger partial charge in [0, 0.05) is 17.6 Å². The van der Waals surface area contributed by atoms with Crippen LogP contribution in [-0.2, 0) is 14.1 Å². The molecule has 2 aliphatic rings. The van der Waals surface area contributed by atoms with E-state index in [1.54, 1.807) is 0 Å². The Morgan fingerprint density at radius 3 is 2.39 bits per heavy atom. The van der Waals surface area contributed by atoms with E-state index in [-0.39, 0.29) is 5.91 Å². The van der Waals surface area contributed by atoms with Crippen molar-refractivity contribution in [1.29, 1.82) is 0 Å². The summed E-state index contributed by atoms with van der Waals surface area (Å²) in [7, 11) is -0.462. The number of carbonyl (C=O) groups excluding carboxylic acids is 1. The van der Waals surface area contributed by atoms with Crippen molar-refractivity contribution in [2.45, 2.75) is 65.1 Å². The fourth-order valence-electron chi connectivity index (χ4n) is 2.75. The van der Waals surface area contributed by atoms with E-state index in [2.05, 4.69) is 5.32 Å². The van der Waals surface area contributed by atoms with Crippen molar-refractivity contribution in [3.63, 3.8) is 0 Å². The molecule has 1 aliphatic heterocycles. The minimum atomic E-state index is -0.462. The Morgan fingerprint density at radius 1 is 1.22 bits per heavy atom. The standard InChI is InChI=1S/C18H26BNO3/c1-12-6-9-15(20-16(21)11-13-7-8-13)14(10-12)19-22-17(2,3)18(4,5)23-19/h6,9-10,13H,7-8,11H2,1-5H3,(H,20,21). The van der Waals surface area contributed by atoms with Gasteiger partial charge in [-0.05, 0) is 59.4 Å². The summed E-state index contributed by atoms with van der Waals surface area (Å²) >= 11 is 0. The molecule has 1 saturated carbocycles. The van der Waals surface area contributed by atoms with E-state index >= 15 is 0 Å². The van der Waals surface area contributed by atoms with Crippen LogP contribution in [0.1, 0.15) is 52.5 Å². The summed E-state index contributed by atoms with van der Waals surface area (Å²) in [5.74, 6) is 0.648. The van der Waals surface area contributed by atoms with Gasteiger partial charge in [0.05, 0.1) is 11.2 Å². The first-order chi connectivity index (χ1) is 10.7. The summed E-state index contributed by atoms with van der Waals surface area (Å²) in [6, 6.07) is 5.98. The van der Waals surface area contributed by atoms with E-state index < -0.39 is 18.3 Å². The summed E-state index contributed by atoms with van der Waals surface area (Å²) in [5, 5.41) is 3.04. The van der Waals surface area contributed by atoms with Gasteiger partial charge >= 0.3 is 7.12 Å². The van der Waals surface area contributed by atoms with Crippen LogP contribution in [0.2, 0.25) is 0 Å². The van der Waals surface area contributed by atoms with Gasteiger partial charge < -0.3 is 14.6 Å². The topological polar surface area (TPSA) is 47.6 Å². The zero-order valence-corrected chi connectivity index (χ0v) is 14.7. The van der Waals surface area contributed by atoms with E-state index in [0.717, 1.165) is 16.7 Å². The molecule has 1 heterocycles. The fraction of sp³-hybridized carbons (Fsp3) is 0.611. The molecule has 5 heteroatoms.